The van der Waals surface area contributed by atoms with Gasteiger partial charge in [-0.1, -0.05) is 0 Å². The minimum atomic E-state index is -0.0585. The summed E-state index contributed by atoms with van der Waals surface area (Å²) in [5, 5.41) is 12.0. The second kappa shape index (κ2) is 7.31. The summed E-state index contributed by atoms with van der Waals surface area (Å²) in [5.74, 6) is 0.420. The average Bonchev–Trinajstić information content (AvgIpc) is 2.48. The molecule has 1 aromatic carbocycles. The zero-order valence-corrected chi connectivity index (χ0v) is 12.6. The Balaban J connectivity index is 2.24. The number of nitrogens with one attached hydrogen (secondary N) is 1. The van der Waals surface area contributed by atoms with E-state index in [-0.39, 0.29) is 12.5 Å². The van der Waals surface area contributed by atoms with Gasteiger partial charge in [-0.2, -0.15) is 0 Å². The van der Waals surface area contributed by atoms with Crippen molar-refractivity contribution in [3.05, 3.63) is 23.8 Å². The van der Waals surface area contributed by atoms with Crippen LogP contribution in [0.4, 0.5) is 11.4 Å². The first-order chi connectivity index (χ1) is 10.2. The lowest BCUT2D eigenvalue weighted by molar-refractivity contribution is 0.0956. The summed E-state index contributed by atoms with van der Waals surface area (Å²) in [6.07, 6.45) is 3.03. The molecule has 0 aromatic heterocycles. The van der Waals surface area contributed by atoms with Crippen LogP contribution in [-0.4, -0.2) is 37.3 Å². The lowest BCUT2D eigenvalue weighted by Gasteiger charge is -2.35. The largest absolute Gasteiger partial charge is 0.399 e. The molecule has 0 bridgehead atoms. The third-order valence-electron chi connectivity index (χ3n) is 4.00. The summed E-state index contributed by atoms with van der Waals surface area (Å²) >= 11 is 0. The average molecular weight is 291 g/mol. The van der Waals surface area contributed by atoms with Gasteiger partial charge < -0.3 is 21.1 Å². The molecule has 0 spiro atoms. The van der Waals surface area contributed by atoms with Crippen LogP contribution in [0.3, 0.4) is 0 Å². The lowest BCUT2D eigenvalue weighted by Crippen LogP contribution is -2.37. The van der Waals surface area contributed by atoms with E-state index < -0.39 is 0 Å². The normalized spacial score (nSPS) is 18.6. The third-order valence-corrected chi connectivity index (χ3v) is 4.00. The van der Waals surface area contributed by atoms with Gasteiger partial charge in [-0.25, -0.2) is 0 Å². The number of amides is 1. The van der Waals surface area contributed by atoms with Crippen LogP contribution in [-0.2, 0) is 0 Å². The molecular weight excluding hydrogens is 266 g/mol. The molecule has 5 nitrogen and oxygen atoms in total. The SMILES string of the molecule is CCNC(=O)c1ccc(N)cc1N1CCCC(CCO)C1. The van der Waals surface area contributed by atoms with E-state index in [9.17, 15) is 4.79 Å². The Labute approximate surface area is 126 Å². The fraction of sp³-hybridized carbons (Fsp3) is 0.562. The molecule has 116 valence electrons. The van der Waals surface area contributed by atoms with Crippen LogP contribution >= 0.6 is 0 Å². The van der Waals surface area contributed by atoms with Crippen LogP contribution in [0.25, 0.3) is 0 Å². The molecule has 0 saturated carbocycles. The highest BCUT2D eigenvalue weighted by atomic mass is 16.3. The first kappa shape index (κ1) is 15.6. The molecule has 1 saturated heterocycles. The van der Waals surface area contributed by atoms with Crippen molar-refractivity contribution in [1.29, 1.82) is 0 Å². The Morgan fingerprint density at radius 1 is 1.52 bits per heavy atom. The summed E-state index contributed by atoms with van der Waals surface area (Å²) in [7, 11) is 0. The van der Waals surface area contributed by atoms with E-state index >= 15 is 0 Å². The smallest absolute Gasteiger partial charge is 0.253 e. The maximum Gasteiger partial charge on any atom is 0.253 e. The van der Waals surface area contributed by atoms with Gasteiger partial charge in [0, 0.05) is 31.9 Å². The van der Waals surface area contributed by atoms with Gasteiger partial charge in [0.2, 0.25) is 0 Å². The number of piperidine rings is 1. The minimum Gasteiger partial charge on any atom is -0.399 e. The highest BCUT2D eigenvalue weighted by Crippen LogP contribution is 2.29. The molecule has 0 aliphatic carbocycles. The van der Waals surface area contributed by atoms with Crippen molar-refractivity contribution in [3.8, 4) is 0 Å². The molecule has 5 heteroatoms. The number of hydrogen-bond acceptors (Lipinski definition) is 4. The summed E-state index contributed by atoms with van der Waals surface area (Å²) in [6, 6.07) is 5.44. The second-order valence-corrected chi connectivity index (χ2v) is 5.60. The van der Waals surface area contributed by atoms with Gasteiger partial charge in [0.15, 0.2) is 0 Å². The van der Waals surface area contributed by atoms with Gasteiger partial charge in [-0.15, -0.1) is 0 Å². The maximum atomic E-state index is 12.2. The molecular formula is C16H25N3O2. The van der Waals surface area contributed by atoms with Gasteiger partial charge in [0.05, 0.1) is 11.3 Å². The zero-order valence-electron chi connectivity index (χ0n) is 12.6. The highest BCUT2D eigenvalue weighted by Gasteiger charge is 2.23. The second-order valence-electron chi connectivity index (χ2n) is 5.60. The molecule has 0 radical (unpaired) electrons. The summed E-state index contributed by atoms with van der Waals surface area (Å²) in [4.78, 5) is 14.4. The van der Waals surface area contributed by atoms with E-state index in [2.05, 4.69) is 10.2 Å². The Kier molecular flexibility index (Phi) is 5.44. The number of nitrogens with two attached hydrogens (primary N) is 1. The van der Waals surface area contributed by atoms with Gasteiger partial charge in [-0.3, -0.25) is 4.79 Å². The number of aliphatic hydroxyl groups excluding tert-OH is 1. The standard InChI is InChI=1S/C16H25N3O2/c1-2-18-16(21)14-6-5-13(17)10-15(14)19-8-3-4-12(11-19)7-9-20/h5-6,10,12,20H,2-4,7-9,11,17H2,1H3,(H,18,21). The maximum absolute atomic E-state index is 12.2. The summed E-state index contributed by atoms with van der Waals surface area (Å²) in [6.45, 7) is 4.54. The lowest BCUT2D eigenvalue weighted by atomic mass is 9.94. The van der Waals surface area contributed by atoms with Crippen molar-refractivity contribution in [2.75, 3.05) is 36.9 Å². The Morgan fingerprint density at radius 2 is 2.33 bits per heavy atom. The predicted octanol–water partition coefficient (Wildman–Crippen LogP) is 1.62. The molecule has 1 aliphatic rings. The number of rotatable bonds is 5. The quantitative estimate of drug-likeness (QED) is 0.720. The molecule has 4 N–H and O–H groups in total. The van der Waals surface area contributed by atoms with Crippen LogP contribution < -0.4 is 16.0 Å². The van der Waals surface area contributed by atoms with Crippen LogP contribution in [0, 0.1) is 5.92 Å². The Bertz CT molecular complexity index is 488. The van der Waals surface area contributed by atoms with Crippen molar-refractivity contribution in [2.45, 2.75) is 26.2 Å². The monoisotopic (exact) mass is 291 g/mol. The van der Waals surface area contributed by atoms with Crippen LogP contribution in [0.2, 0.25) is 0 Å². The molecule has 21 heavy (non-hydrogen) atoms. The first-order valence-electron chi connectivity index (χ1n) is 7.69. The van der Waals surface area contributed by atoms with Gasteiger partial charge in [-0.05, 0) is 50.3 Å². The zero-order chi connectivity index (χ0) is 15.2. The van der Waals surface area contributed by atoms with E-state index in [0.29, 0.717) is 23.7 Å². The number of carbonyl (C=O) groups is 1. The van der Waals surface area contributed by atoms with Crippen molar-refractivity contribution >= 4 is 17.3 Å². The van der Waals surface area contributed by atoms with Crippen LogP contribution in [0.1, 0.15) is 36.5 Å². The molecule has 1 atom stereocenters. The van der Waals surface area contributed by atoms with Crippen molar-refractivity contribution < 1.29 is 9.90 Å². The third kappa shape index (κ3) is 3.88. The van der Waals surface area contributed by atoms with Gasteiger partial charge in [0.25, 0.3) is 5.91 Å². The topological polar surface area (TPSA) is 78.6 Å². The molecule has 1 fully saturated rings. The van der Waals surface area contributed by atoms with Gasteiger partial charge >= 0.3 is 0 Å². The molecule has 2 rings (SSSR count). The van der Waals surface area contributed by atoms with Crippen molar-refractivity contribution in [2.24, 2.45) is 5.92 Å². The van der Waals surface area contributed by atoms with E-state index in [0.717, 1.165) is 38.0 Å². The Hall–Kier alpha value is -1.75. The molecule has 1 aromatic rings. The summed E-state index contributed by atoms with van der Waals surface area (Å²) < 4.78 is 0. The molecule has 1 amide bonds. The minimum absolute atomic E-state index is 0.0585. The van der Waals surface area contributed by atoms with Crippen LogP contribution in [0.5, 0.6) is 0 Å². The highest BCUT2D eigenvalue weighted by molar-refractivity contribution is 6.00. The molecule has 1 aliphatic heterocycles. The fourth-order valence-electron chi connectivity index (χ4n) is 2.96. The molecule has 1 heterocycles. The fourth-order valence-corrected chi connectivity index (χ4v) is 2.96. The van der Waals surface area contributed by atoms with Gasteiger partial charge in [0.1, 0.15) is 0 Å². The number of nitrogen functional groups attached to an aromatic ring is 1. The van der Waals surface area contributed by atoms with E-state index in [1.807, 2.05) is 13.0 Å². The van der Waals surface area contributed by atoms with Crippen molar-refractivity contribution in [3.63, 3.8) is 0 Å². The van der Waals surface area contributed by atoms with E-state index in [4.69, 9.17) is 10.8 Å². The van der Waals surface area contributed by atoms with E-state index in [1.54, 1.807) is 12.1 Å². The number of aliphatic hydroxyl groups is 1. The molecule has 1 unspecified atom stereocenters. The number of carbonyl (C=O) groups excluding carboxylic acids is 1. The predicted molar refractivity (Wildman–Crippen MR) is 85.5 cm³/mol. The number of nitrogens with zero attached hydrogens (tertiary/aromatic N) is 1. The number of benzene rings is 1. The van der Waals surface area contributed by atoms with Crippen LogP contribution in [0.15, 0.2) is 18.2 Å². The number of anilines is 2. The van der Waals surface area contributed by atoms with E-state index in [1.165, 1.54) is 0 Å². The Morgan fingerprint density at radius 3 is 3.05 bits per heavy atom. The van der Waals surface area contributed by atoms with Crippen molar-refractivity contribution in [1.82, 2.24) is 5.32 Å². The summed E-state index contributed by atoms with van der Waals surface area (Å²) in [5.41, 5.74) is 8.15. The first-order valence-corrected chi connectivity index (χ1v) is 7.69. The number of hydrogen-bond donors (Lipinski definition) is 3.